The van der Waals surface area contributed by atoms with Crippen LogP contribution in [0.3, 0.4) is 0 Å². The van der Waals surface area contributed by atoms with Crippen LogP contribution in [0.2, 0.25) is 0 Å². The van der Waals surface area contributed by atoms with E-state index in [1.54, 1.807) is 62.8 Å². The largest absolute Gasteiger partial charge is 0.497 e. The normalized spacial score (nSPS) is 12.1. The molecule has 0 radical (unpaired) electrons. The van der Waals surface area contributed by atoms with E-state index in [4.69, 9.17) is 9.47 Å². The maximum Gasteiger partial charge on any atom is 0.247 e. The molecule has 1 N–H and O–H groups in total. The fraction of sp³-hybridized carbons (Fsp3) is 0.333. The minimum atomic E-state index is -3.75. The number of amides is 2. The summed E-state index contributed by atoms with van der Waals surface area (Å²) in [7, 11) is -0.594. The van der Waals surface area contributed by atoms with Gasteiger partial charge >= 0.3 is 0 Å². The van der Waals surface area contributed by atoms with Crippen LogP contribution >= 0.6 is 0 Å². The number of nitrogens with zero attached hydrogens (tertiary/aromatic N) is 2. The Bertz CT molecular complexity index is 1320. The van der Waals surface area contributed by atoms with E-state index < -0.39 is 28.5 Å². The van der Waals surface area contributed by atoms with Gasteiger partial charge in [0.25, 0.3) is 0 Å². The lowest BCUT2D eigenvalue weighted by Gasteiger charge is -2.33. The zero-order chi connectivity index (χ0) is 29.0. The molecule has 40 heavy (non-hydrogen) atoms. The lowest BCUT2D eigenvalue weighted by Crippen LogP contribution is -2.48. The van der Waals surface area contributed by atoms with Gasteiger partial charge in [-0.3, -0.25) is 9.59 Å². The van der Waals surface area contributed by atoms with Crippen LogP contribution in [0.4, 0.5) is 0 Å². The quantitative estimate of drug-likeness (QED) is 0.283. The van der Waals surface area contributed by atoms with Crippen molar-refractivity contribution < 1.29 is 27.5 Å². The molecule has 1 atom stereocenters. The van der Waals surface area contributed by atoms with Crippen LogP contribution < -0.4 is 10.1 Å². The number of hydrogen-bond acceptors (Lipinski definition) is 6. The van der Waals surface area contributed by atoms with Gasteiger partial charge in [0.05, 0.1) is 19.9 Å². The molecule has 0 aliphatic heterocycles. The maximum atomic E-state index is 14.0. The Hall–Kier alpha value is -3.73. The number of carbonyl (C=O) groups is 2. The number of methoxy groups -OCH3 is 2. The lowest BCUT2D eigenvalue weighted by molar-refractivity contribution is -0.141. The molecule has 0 aromatic heterocycles. The number of rotatable bonds is 15. The maximum absolute atomic E-state index is 14.0. The molecule has 0 aliphatic rings. The molecule has 2 amide bonds. The summed E-state index contributed by atoms with van der Waals surface area (Å²) in [4.78, 5) is 29.1. The van der Waals surface area contributed by atoms with Crippen molar-refractivity contribution in [3.8, 4) is 5.75 Å². The van der Waals surface area contributed by atoms with E-state index in [2.05, 4.69) is 5.32 Å². The molecule has 3 rings (SSSR count). The van der Waals surface area contributed by atoms with Gasteiger partial charge in [-0.2, -0.15) is 4.31 Å². The Balaban J connectivity index is 1.99. The van der Waals surface area contributed by atoms with Crippen LogP contribution in [0.25, 0.3) is 0 Å². The minimum Gasteiger partial charge on any atom is -0.497 e. The first-order chi connectivity index (χ1) is 19.2. The Morgan fingerprint density at radius 3 is 2.02 bits per heavy atom. The van der Waals surface area contributed by atoms with Crippen molar-refractivity contribution in [2.24, 2.45) is 0 Å². The molecule has 0 fully saturated rings. The summed E-state index contributed by atoms with van der Waals surface area (Å²) in [6, 6.07) is 24.3. The average Bonchev–Trinajstić information content (AvgIpc) is 2.95. The van der Waals surface area contributed by atoms with E-state index >= 15 is 0 Å². The number of carbonyl (C=O) groups excluding carboxylic acids is 2. The highest BCUT2D eigenvalue weighted by Crippen LogP contribution is 2.25. The van der Waals surface area contributed by atoms with Crippen molar-refractivity contribution in [1.82, 2.24) is 14.5 Å². The van der Waals surface area contributed by atoms with E-state index in [1.807, 2.05) is 36.4 Å². The first kappa shape index (κ1) is 30.8. The molecule has 10 heteroatoms. The lowest BCUT2D eigenvalue weighted by atomic mass is 10.0. The average molecular weight is 568 g/mol. The summed E-state index contributed by atoms with van der Waals surface area (Å²) < 4.78 is 37.0. The van der Waals surface area contributed by atoms with Gasteiger partial charge in [-0.15, -0.1) is 0 Å². The van der Waals surface area contributed by atoms with Crippen LogP contribution in [0.1, 0.15) is 29.2 Å². The predicted molar refractivity (Wildman–Crippen MR) is 154 cm³/mol. The second kappa shape index (κ2) is 15.2. The van der Waals surface area contributed by atoms with E-state index in [1.165, 1.54) is 4.90 Å². The fourth-order valence-electron chi connectivity index (χ4n) is 4.20. The summed E-state index contributed by atoms with van der Waals surface area (Å²) in [5.41, 5.74) is 2.12. The molecule has 0 bridgehead atoms. The molecule has 0 saturated carbocycles. The van der Waals surface area contributed by atoms with Crippen molar-refractivity contribution in [1.29, 1.82) is 0 Å². The zero-order valence-electron chi connectivity index (χ0n) is 23.2. The van der Waals surface area contributed by atoms with Gasteiger partial charge in [-0.1, -0.05) is 72.8 Å². The topological polar surface area (TPSA) is 105 Å². The molecule has 0 heterocycles. The zero-order valence-corrected chi connectivity index (χ0v) is 24.0. The third-order valence-electron chi connectivity index (χ3n) is 6.31. The number of sulfonamides is 1. The Morgan fingerprint density at radius 2 is 1.45 bits per heavy atom. The van der Waals surface area contributed by atoms with E-state index in [9.17, 15) is 18.0 Å². The van der Waals surface area contributed by atoms with E-state index in [0.29, 0.717) is 30.9 Å². The summed E-state index contributed by atoms with van der Waals surface area (Å²) in [6.07, 6.45) is 1.68. The summed E-state index contributed by atoms with van der Waals surface area (Å²) in [6.45, 7) is 0.527. The van der Waals surface area contributed by atoms with Crippen LogP contribution in [-0.4, -0.2) is 69.6 Å². The third kappa shape index (κ3) is 9.18. The van der Waals surface area contributed by atoms with Crippen LogP contribution in [0.5, 0.6) is 5.75 Å². The molecule has 0 aliphatic carbocycles. The fourth-order valence-corrected chi connectivity index (χ4v) is 4.93. The number of nitrogens with one attached hydrogen (secondary N) is 1. The highest BCUT2D eigenvalue weighted by molar-refractivity contribution is 7.88. The second-order valence-corrected chi connectivity index (χ2v) is 11.3. The van der Waals surface area contributed by atoms with Crippen molar-refractivity contribution in [2.75, 3.05) is 40.2 Å². The molecule has 214 valence electrons. The van der Waals surface area contributed by atoms with E-state index in [0.717, 1.165) is 21.7 Å². The Labute approximate surface area is 236 Å². The molecule has 0 saturated heterocycles. The summed E-state index contributed by atoms with van der Waals surface area (Å²) in [5, 5.41) is 2.91. The monoisotopic (exact) mass is 567 g/mol. The Kier molecular flexibility index (Phi) is 11.7. The third-order valence-corrected chi connectivity index (χ3v) is 7.51. The number of hydrogen-bond donors (Lipinski definition) is 1. The molecular formula is C30H37N3O6S. The standard InChI is InChI=1S/C30H37N3O6S/c1-38-20-10-19-31-30(35)29(26-13-8-5-9-14-26)33(22-25-15-17-27(39-2)18-16-25)28(34)23-32(40(3,36)37)21-24-11-6-4-7-12-24/h4-9,11-18,29H,10,19-23H2,1-3H3,(H,31,35)/t29-/m1/s1. The van der Waals surface area contributed by atoms with Crippen molar-refractivity contribution in [3.63, 3.8) is 0 Å². The van der Waals surface area contributed by atoms with Gasteiger partial charge < -0.3 is 19.7 Å². The number of ether oxygens (including phenoxy) is 2. The van der Waals surface area contributed by atoms with Gasteiger partial charge in [-0.05, 0) is 35.2 Å². The molecular weight excluding hydrogens is 530 g/mol. The highest BCUT2D eigenvalue weighted by Gasteiger charge is 2.33. The van der Waals surface area contributed by atoms with Crippen molar-refractivity contribution >= 4 is 21.8 Å². The first-order valence-corrected chi connectivity index (χ1v) is 14.8. The van der Waals surface area contributed by atoms with Gasteiger partial charge in [-0.25, -0.2) is 8.42 Å². The minimum absolute atomic E-state index is 0.0288. The molecule has 9 nitrogen and oxygen atoms in total. The molecule has 0 spiro atoms. The van der Waals surface area contributed by atoms with Crippen LogP contribution in [0, 0.1) is 0 Å². The van der Waals surface area contributed by atoms with Gasteiger partial charge in [0.1, 0.15) is 11.8 Å². The van der Waals surface area contributed by atoms with E-state index in [-0.39, 0.29) is 19.0 Å². The highest BCUT2D eigenvalue weighted by atomic mass is 32.2. The smallest absolute Gasteiger partial charge is 0.247 e. The van der Waals surface area contributed by atoms with Gasteiger partial charge in [0, 0.05) is 33.4 Å². The SMILES string of the molecule is COCCCNC(=O)[C@@H](c1ccccc1)N(Cc1ccc(OC)cc1)C(=O)CN(Cc1ccccc1)S(C)(=O)=O. The van der Waals surface area contributed by atoms with Crippen molar-refractivity contribution in [2.45, 2.75) is 25.6 Å². The van der Waals surface area contributed by atoms with Crippen molar-refractivity contribution in [3.05, 3.63) is 102 Å². The van der Waals surface area contributed by atoms with Crippen LogP contribution in [-0.2, 0) is 37.4 Å². The van der Waals surface area contributed by atoms with Gasteiger partial charge in [0.2, 0.25) is 21.8 Å². The molecule has 0 unspecified atom stereocenters. The molecule has 3 aromatic rings. The number of benzene rings is 3. The Morgan fingerprint density at radius 1 is 0.850 bits per heavy atom. The molecule has 3 aromatic carbocycles. The summed E-state index contributed by atoms with van der Waals surface area (Å²) in [5.74, 6) is -0.209. The summed E-state index contributed by atoms with van der Waals surface area (Å²) >= 11 is 0. The first-order valence-electron chi connectivity index (χ1n) is 13.0. The predicted octanol–water partition coefficient (Wildman–Crippen LogP) is 3.38. The van der Waals surface area contributed by atoms with Crippen LogP contribution in [0.15, 0.2) is 84.9 Å². The second-order valence-electron chi connectivity index (χ2n) is 9.34. The van der Waals surface area contributed by atoms with Gasteiger partial charge in [0.15, 0.2) is 0 Å².